The molecule has 0 aliphatic rings. The molecular formula is C18H25Cl3N4O4S. The van der Waals surface area contributed by atoms with Crippen LogP contribution in [0.5, 0.6) is 5.75 Å². The van der Waals surface area contributed by atoms with Gasteiger partial charge in [-0.25, -0.2) is 0 Å². The molecule has 12 heteroatoms. The number of carbonyl (C=O) groups is 1. The molecule has 1 rings (SSSR count). The summed E-state index contributed by atoms with van der Waals surface area (Å²) in [6.07, 6.45) is 4.10. The summed E-state index contributed by atoms with van der Waals surface area (Å²) in [5, 5.41) is 19.2. The molecule has 0 saturated carbocycles. The largest absolute Gasteiger partial charge is 0.496 e. The number of benzene rings is 1. The quantitative estimate of drug-likeness (QED) is 0.0975. The second-order valence-corrected chi connectivity index (χ2v) is 9.22. The molecule has 30 heavy (non-hydrogen) atoms. The van der Waals surface area contributed by atoms with Gasteiger partial charge in [-0.15, -0.1) is 0 Å². The number of hydrogen-bond donors (Lipinski definition) is 3. The average molecular weight is 500 g/mol. The van der Waals surface area contributed by atoms with Gasteiger partial charge in [0.05, 0.1) is 18.1 Å². The van der Waals surface area contributed by atoms with Crippen molar-refractivity contribution in [3.05, 3.63) is 28.3 Å². The SMILES string of the molecule is CCCCCCCC(=O)N[C@H](NC(=S)Nc1ccc(OC)cc1[N+](=O)[O-])C(Cl)(Cl)Cl. The number of amides is 1. The third-order valence-electron chi connectivity index (χ3n) is 4.07. The summed E-state index contributed by atoms with van der Waals surface area (Å²) in [6.45, 7) is 2.11. The summed E-state index contributed by atoms with van der Waals surface area (Å²) >= 11 is 23.0. The molecule has 0 radical (unpaired) electrons. The molecule has 1 atom stereocenters. The lowest BCUT2D eigenvalue weighted by molar-refractivity contribution is -0.384. The Morgan fingerprint density at radius 1 is 1.23 bits per heavy atom. The van der Waals surface area contributed by atoms with Crippen LogP contribution < -0.4 is 20.7 Å². The van der Waals surface area contributed by atoms with E-state index in [0.717, 1.165) is 32.1 Å². The van der Waals surface area contributed by atoms with Gasteiger partial charge in [0.15, 0.2) is 5.11 Å². The highest BCUT2D eigenvalue weighted by Gasteiger charge is 2.34. The molecule has 0 aromatic heterocycles. The molecule has 8 nitrogen and oxygen atoms in total. The number of halogens is 3. The standard InChI is InChI=1S/C18H25Cl3N4O4S/c1-3-4-5-6-7-8-15(26)23-16(18(19,20)21)24-17(30)22-13-10-9-12(29-2)11-14(13)25(27)28/h9-11,16H,3-8H2,1-2H3,(H,23,26)(H2,22,24,30)/t16-/m1/s1. The number of hydrogen-bond acceptors (Lipinski definition) is 5. The number of nitrogens with one attached hydrogen (secondary N) is 3. The Hall–Kier alpha value is -1.55. The van der Waals surface area contributed by atoms with Crippen LogP contribution in [-0.4, -0.2) is 33.0 Å². The summed E-state index contributed by atoms with van der Waals surface area (Å²) in [7, 11) is 1.40. The van der Waals surface area contributed by atoms with Crippen molar-refractivity contribution in [2.75, 3.05) is 12.4 Å². The van der Waals surface area contributed by atoms with Crippen LogP contribution in [0.3, 0.4) is 0 Å². The molecule has 1 aromatic rings. The van der Waals surface area contributed by atoms with Crippen LogP contribution in [0, 0.1) is 10.1 Å². The van der Waals surface area contributed by atoms with Gasteiger partial charge in [-0.1, -0.05) is 67.4 Å². The van der Waals surface area contributed by atoms with Crippen molar-refractivity contribution in [2.45, 2.75) is 55.4 Å². The van der Waals surface area contributed by atoms with E-state index in [1.54, 1.807) is 0 Å². The maximum absolute atomic E-state index is 12.2. The first kappa shape index (κ1) is 26.5. The Morgan fingerprint density at radius 3 is 2.47 bits per heavy atom. The molecule has 168 valence electrons. The lowest BCUT2D eigenvalue weighted by Crippen LogP contribution is -2.56. The minimum Gasteiger partial charge on any atom is -0.496 e. The summed E-state index contributed by atoms with van der Waals surface area (Å²) in [5.41, 5.74) is -0.135. The second-order valence-electron chi connectivity index (χ2n) is 6.45. The van der Waals surface area contributed by atoms with Crippen molar-refractivity contribution >= 4 is 69.4 Å². The van der Waals surface area contributed by atoms with Crippen molar-refractivity contribution < 1.29 is 14.5 Å². The topological polar surface area (TPSA) is 106 Å². The van der Waals surface area contributed by atoms with E-state index in [1.165, 1.54) is 25.3 Å². The minimum absolute atomic E-state index is 0.0668. The fourth-order valence-corrected chi connectivity index (χ4v) is 3.06. The Bertz CT molecular complexity index is 747. The van der Waals surface area contributed by atoms with Gasteiger partial charge in [0.2, 0.25) is 9.70 Å². The van der Waals surface area contributed by atoms with Crippen LogP contribution in [0.1, 0.15) is 45.4 Å². The van der Waals surface area contributed by atoms with Gasteiger partial charge in [0.25, 0.3) is 5.69 Å². The van der Waals surface area contributed by atoms with E-state index in [4.69, 9.17) is 51.8 Å². The zero-order chi connectivity index (χ0) is 22.7. The predicted molar refractivity (Wildman–Crippen MR) is 125 cm³/mol. The molecule has 0 aliphatic carbocycles. The Morgan fingerprint density at radius 2 is 1.90 bits per heavy atom. The molecule has 1 amide bonds. The number of thiocarbonyl (C=S) groups is 1. The molecular weight excluding hydrogens is 475 g/mol. The summed E-state index contributed by atoms with van der Waals surface area (Å²) < 4.78 is 3.08. The van der Waals surface area contributed by atoms with Gasteiger partial charge >= 0.3 is 0 Å². The molecule has 1 aromatic carbocycles. The number of nitro groups is 1. The third-order valence-corrected chi connectivity index (χ3v) is 4.94. The first-order valence-corrected chi connectivity index (χ1v) is 10.9. The molecule has 0 unspecified atom stereocenters. The lowest BCUT2D eigenvalue weighted by atomic mass is 10.1. The Labute approximate surface area is 196 Å². The monoisotopic (exact) mass is 498 g/mol. The smallest absolute Gasteiger partial charge is 0.296 e. The van der Waals surface area contributed by atoms with Crippen LogP contribution in [-0.2, 0) is 4.79 Å². The van der Waals surface area contributed by atoms with Crippen molar-refractivity contribution in [1.82, 2.24) is 10.6 Å². The van der Waals surface area contributed by atoms with Crippen LogP contribution >= 0.6 is 47.0 Å². The maximum atomic E-state index is 12.2. The van der Waals surface area contributed by atoms with Crippen LogP contribution in [0.25, 0.3) is 0 Å². The van der Waals surface area contributed by atoms with E-state index >= 15 is 0 Å². The van der Waals surface area contributed by atoms with E-state index in [0.29, 0.717) is 5.75 Å². The highest BCUT2D eigenvalue weighted by molar-refractivity contribution is 7.80. The number of carbonyl (C=O) groups excluding carboxylic acids is 1. The number of rotatable bonds is 11. The highest BCUT2D eigenvalue weighted by Crippen LogP contribution is 2.31. The normalized spacial score (nSPS) is 12.0. The number of methoxy groups -OCH3 is 1. The molecule has 0 aliphatic heterocycles. The average Bonchev–Trinajstić information content (AvgIpc) is 2.66. The third kappa shape index (κ3) is 9.51. The van der Waals surface area contributed by atoms with Crippen molar-refractivity contribution in [2.24, 2.45) is 0 Å². The summed E-state index contributed by atoms with van der Waals surface area (Å²) in [4.78, 5) is 22.9. The van der Waals surface area contributed by atoms with E-state index < -0.39 is 14.9 Å². The molecule has 0 fully saturated rings. The zero-order valence-corrected chi connectivity index (χ0v) is 19.8. The zero-order valence-electron chi connectivity index (χ0n) is 16.7. The van der Waals surface area contributed by atoms with Gasteiger partial charge in [0, 0.05) is 6.42 Å². The van der Waals surface area contributed by atoms with Gasteiger partial charge < -0.3 is 20.7 Å². The number of ether oxygens (including phenoxy) is 1. The van der Waals surface area contributed by atoms with Crippen LogP contribution in [0.4, 0.5) is 11.4 Å². The van der Waals surface area contributed by atoms with Crippen LogP contribution in [0.2, 0.25) is 0 Å². The molecule has 0 spiro atoms. The van der Waals surface area contributed by atoms with E-state index in [1.807, 2.05) is 0 Å². The van der Waals surface area contributed by atoms with Crippen molar-refractivity contribution in [3.63, 3.8) is 0 Å². The van der Waals surface area contributed by atoms with E-state index in [-0.39, 0.29) is 28.8 Å². The summed E-state index contributed by atoms with van der Waals surface area (Å²) in [6, 6.07) is 4.21. The number of nitrogens with zero attached hydrogens (tertiary/aromatic N) is 1. The van der Waals surface area contributed by atoms with Gasteiger partial charge in [-0.05, 0) is 30.8 Å². The summed E-state index contributed by atoms with van der Waals surface area (Å²) in [5.74, 6) is 0.0186. The minimum atomic E-state index is -1.91. The fourth-order valence-electron chi connectivity index (χ4n) is 2.51. The second kappa shape index (κ2) is 13.0. The number of unbranched alkanes of at least 4 members (excludes halogenated alkanes) is 4. The van der Waals surface area contributed by atoms with E-state index in [9.17, 15) is 14.9 Å². The van der Waals surface area contributed by atoms with E-state index in [2.05, 4.69) is 22.9 Å². The Balaban J connectivity index is 2.74. The first-order chi connectivity index (χ1) is 14.1. The number of alkyl halides is 3. The Kier molecular flexibility index (Phi) is 11.5. The molecule has 0 bridgehead atoms. The fraction of sp³-hybridized carbons (Fsp3) is 0.556. The highest BCUT2D eigenvalue weighted by atomic mass is 35.6. The molecule has 0 saturated heterocycles. The molecule has 3 N–H and O–H groups in total. The van der Waals surface area contributed by atoms with Gasteiger partial charge in [0.1, 0.15) is 17.6 Å². The van der Waals surface area contributed by atoms with Gasteiger partial charge in [-0.2, -0.15) is 0 Å². The molecule has 0 heterocycles. The number of nitro benzene ring substituents is 1. The van der Waals surface area contributed by atoms with Gasteiger partial charge in [-0.3, -0.25) is 14.9 Å². The number of anilines is 1. The maximum Gasteiger partial charge on any atom is 0.296 e. The van der Waals surface area contributed by atoms with Crippen LogP contribution in [0.15, 0.2) is 18.2 Å². The van der Waals surface area contributed by atoms with Crippen molar-refractivity contribution in [3.8, 4) is 5.75 Å². The lowest BCUT2D eigenvalue weighted by Gasteiger charge is -2.27. The first-order valence-electron chi connectivity index (χ1n) is 9.34. The van der Waals surface area contributed by atoms with Crippen molar-refractivity contribution in [1.29, 1.82) is 0 Å². The predicted octanol–water partition coefficient (Wildman–Crippen LogP) is 5.06.